The summed E-state index contributed by atoms with van der Waals surface area (Å²) < 4.78 is 7.09. The standard InChI is InChI=1S/C63H50N4O2S2/c1-3-10-43-15-28-51(29-16-43)66(53-32-20-47(21-33-53)45-11-6-4-7-12-45)55-36-24-49(25-37-55)62-64-57-41-60-58(42-59(57)70-62)65-63(71-60)50-26-38-56(39-27-50)67(52-30-17-44(18-31-52)19-40-61(68)69-2)54-34-22-48(23-35-54)46-13-8-5-9-14-46/h4-9,11-18,20-39,41-42H,3,10,19,40H2,1-2H3. The summed E-state index contributed by atoms with van der Waals surface area (Å²) in [4.78, 5) is 26.8. The maximum absolute atomic E-state index is 11.8. The average molecular weight is 959 g/mol. The first-order valence-corrected chi connectivity index (χ1v) is 25.7. The monoisotopic (exact) mass is 958 g/mol. The zero-order valence-electron chi connectivity index (χ0n) is 39.5. The van der Waals surface area contributed by atoms with Gasteiger partial charge in [0.15, 0.2) is 0 Å². The summed E-state index contributed by atoms with van der Waals surface area (Å²) in [6, 6.07) is 77.7. The number of ether oxygens (including phenoxy) is 1. The number of hydrogen-bond acceptors (Lipinski definition) is 8. The third-order valence-corrected chi connectivity index (χ3v) is 15.0. The molecule has 0 saturated heterocycles. The molecular formula is C63H50N4O2S2. The lowest BCUT2D eigenvalue weighted by Gasteiger charge is -2.26. The summed E-state index contributed by atoms with van der Waals surface area (Å²) >= 11 is 3.39. The van der Waals surface area contributed by atoms with Gasteiger partial charge in [0.05, 0.1) is 27.5 Å². The van der Waals surface area contributed by atoms with Gasteiger partial charge in [-0.15, -0.1) is 22.7 Å². The summed E-state index contributed by atoms with van der Waals surface area (Å²) in [7, 11) is 1.43. The SMILES string of the molecule is CCCc1ccc(N(c2ccc(-c3ccccc3)cc2)c2ccc(-c3nc4cc5sc(-c6ccc(N(c7ccc(CCC(=O)OC)cc7)c7ccc(-c8ccccc8)cc7)cc6)nc5cc4s3)cc2)cc1. The van der Waals surface area contributed by atoms with Crippen LogP contribution in [0.1, 0.15) is 30.9 Å². The van der Waals surface area contributed by atoms with E-state index in [0.717, 1.165) is 99.7 Å². The van der Waals surface area contributed by atoms with E-state index in [9.17, 15) is 4.79 Å². The molecule has 2 aromatic heterocycles. The first-order valence-electron chi connectivity index (χ1n) is 24.0. The Kier molecular flexibility index (Phi) is 13.0. The van der Waals surface area contributed by atoms with Crippen LogP contribution in [0.2, 0.25) is 0 Å². The molecule has 0 aliphatic rings. The smallest absolute Gasteiger partial charge is 0.305 e. The maximum atomic E-state index is 11.8. The van der Waals surface area contributed by atoms with E-state index in [1.54, 1.807) is 22.7 Å². The molecule has 0 aliphatic heterocycles. The second-order valence-electron chi connectivity index (χ2n) is 17.6. The number of aromatic nitrogens is 2. The molecule has 0 N–H and O–H groups in total. The van der Waals surface area contributed by atoms with E-state index >= 15 is 0 Å². The number of nitrogens with zero attached hydrogens (tertiary/aromatic N) is 4. The van der Waals surface area contributed by atoms with Crippen LogP contribution in [-0.2, 0) is 22.4 Å². The summed E-state index contributed by atoms with van der Waals surface area (Å²) in [5, 5.41) is 1.95. The zero-order valence-corrected chi connectivity index (χ0v) is 41.2. The van der Waals surface area contributed by atoms with Gasteiger partial charge in [0.25, 0.3) is 0 Å². The van der Waals surface area contributed by atoms with Gasteiger partial charge in [-0.2, -0.15) is 0 Å². The average Bonchev–Trinajstić information content (AvgIpc) is 4.05. The molecule has 346 valence electrons. The van der Waals surface area contributed by atoms with Crippen molar-refractivity contribution in [3.63, 3.8) is 0 Å². The van der Waals surface area contributed by atoms with Crippen LogP contribution in [0.4, 0.5) is 34.1 Å². The quantitative estimate of drug-likeness (QED) is 0.0954. The molecule has 0 fully saturated rings. The van der Waals surface area contributed by atoms with Crippen molar-refractivity contribution in [1.29, 1.82) is 0 Å². The Hall–Kier alpha value is -8.17. The molecule has 11 aromatic rings. The van der Waals surface area contributed by atoms with Crippen LogP contribution < -0.4 is 9.80 Å². The summed E-state index contributed by atoms with van der Waals surface area (Å²) in [5.41, 5.74) is 17.7. The number of thiazole rings is 2. The number of methoxy groups -OCH3 is 1. The Morgan fingerprint density at radius 1 is 0.423 bits per heavy atom. The number of carbonyl (C=O) groups is 1. The van der Waals surface area contributed by atoms with Crippen molar-refractivity contribution < 1.29 is 9.53 Å². The molecule has 71 heavy (non-hydrogen) atoms. The van der Waals surface area contributed by atoms with Gasteiger partial charge in [-0.3, -0.25) is 4.79 Å². The minimum atomic E-state index is -0.208. The molecule has 0 saturated carbocycles. The zero-order chi connectivity index (χ0) is 48.1. The fourth-order valence-electron chi connectivity index (χ4n) is 9.12. The van der Waals surface area contributed by atoms with Crippen LogP contribution in [0.5, 0.6) is 0 Å². The van der Waals surface area contributed by atoms with Gasteiger partial charge in [0.2, 0.25) is 0 Å². The molecule has 0 radical (unpaired) electrons. The predicted molar refractivity (Wildman–Crippen MR) is 298 cm³/mol. The fourth-order valence-corrected chi connectivity index (χ4v) is 11.1. The highest BCUT2D eigenvalue weighted by molar-refractivity contribution is 7.23. The van der Waals surface area contributed by atoms with Gasteiger partial charge >= 0.3 is 5.97 Å². The Morgan fingerprint density at radius 2 is 0.746 bits per heavy atom. The first-order chi connectivity index (χ1) is 35.0. The molecule has 0 aliphatic carbocycles. The van der Waals surface area contributed by atoms with Crippen molar-refractivity contribution in [3.8, 4) is 43.4 Å². The van der Waals surface area contributed by atoms with E-state index in [4.69, 9.17) is 14.7 Å². The van der Waals surface area contributed by atoms with Crippen LogP contribution >= 0.6 is 22.7 Å². The number of fused-ring (bicyclic) bond motifs is 2. The third-order valence-electron chi connectivity index (χ3n) is 12.9. The van der Waals surface area contributed by atoms with Crippen molar-refractivity contribution in [1.82, 2.24) is 9.97 Å². The lowest BCUT2D eigenvalue weighted by atomic mass is 10.0. The van der Waals surface area contributed by atoms with Crippen LogP contribution in [0.15, 0.2) is 218 Å². The number of rotatable bonds is 15. The van der Waals surface area contributed by atoms with Crippen molar-refractivity contribution in [2.75, 3.05) is 16.9 Å². The minimum Gasteiger partial charge on any atom is -0.469 e. The highest BCUT2D eigenvalue weighted by atomic mass is 32.1. The van der Waals surface area contributed by atoms with Gasteiger partial charge < -0.3 is 14.5 Å². The minimum absolute atomic E-state index is 0.208. The van der Waals surface area contributed by atoms with Gasteiger partial charge in [0.1, 0.15) is 10.0 Å². The molecule has 8 heteroatoms. The van der Waals surface area contributed by atoms with E-state index in [1.807, 2.05) is 6.07 Å². The predicted octanol–water partition coefficient (Wildman–Crippen LogP) is 17.6. The Bertz CT molecular complexity index is 3510. The lowest BCUT2D eigenvalue weighted by Crippen LogP contribution is -2.10. The normalized spacial score (nSPS) is 11.2. The third kappa shape index (κ3) is 9.86. The van der Waals surface area contributed by atoms with E-state index in [-0.39, 0.29) is 5.97 Å². The second kappa shape index (κ2) is 20.4. The Labute approximate surface area is 422 Å². The largest absolute Gasteiger partial charge is 0.469 e. The first kappa shape index (κ1) is 45.3. The van der Waals surface area contributed by atoms with Gasteiger partial charge in [-0.25, -0.2) is 9.97 Å². The Morgan fingerprint density at radius 3 is 1.10 bits per heavy atom. The number of esters is 1. The maximum Gasteiger partial charge on any atom is 0.305 e. The van der Waals surface area contributed by atoms with Gasteiger partial charge in [0, 0.05) is 51.7 Å². The second-order valence-corrected chi connectivity index (χ2v) is 19.6. The summed E-state index contributed by atoms with van der Waals surface area (Å²) in [5.74, 6) is -0.208. The number of benzene rings is 9. The van der Waals surface area contributed by atoms with E-state index in [1.165, 1.54) is 29.4 Å². The van der Waals surface area contributed by atoms with Crippen LogP contribution in [0.3, 0.4) is 0 Å². The fraction of sp³-hybridized carbons (Fsp3) is 0.0952. The molecule has 2 heterocycles. The molecule has 0 amide bonds. The van der Waals surface area contributed by atoms with Crippen LogP contribution in [0, 0.1) is 0 Å². The number of aryl methyl sites for hydroxylation is 2. The molecule has 11 rings (SSSR count). The molecule has 0 spiro atoms. The van der Waals surface area contributed by atoms with Gasteiger partial charge in [-0.05, 0) is 155 Å². The van der Waals surface area contributed by atoms with E-state index in [2.05, 4.69) is 229 Å². The highest BCUT2D eigenvalue weighted by Crippen LogP contribution is 2.42. The molecule has 9 aromatic carbocycles. The summed E-state index contributed by atoms with van der Waals surface area (Å²) in [6.07, 6.45) is 3.16. The molecule has 0 atom stereocenters. The van der Waals surface area contributed by atoms with Crippen molar-refractivity contribution in [2.24, 2.45) is 0 Å². The van der Waals surface area contributed by atoms with Crippen LogP contribution in [-0.4, -0.2) is 23.0 Å². The molecular weight excluding hydrogens is 909 g/mol. The summed E-state index contributed by atoms with van der Waals surface area (Å²) in [6.45, 7) is 2.22. The Balaban J connectivity index is 0.846. The van der Waals surface area contributed by atoms with E-state index < -0.39 is 0 Å². The van der Waals surface area contributed by atoms with Crippen LogP contribution in [0.25, 0.3) is 63.8 Å². The van der Waals surface area contributed by atoms with Gasteiger partial charge in [-0.1, -0.05) is 123 Å². The van der Waals surface area contributed by atoms with Crippen molar-refractivity contribution in [2.45, 2.75) is 32.6 Å². The molecule has 0 bridgehead atoms. The van der Waals surface area contributed by atoms with E-state index in [0.29, 0.717) is 12.8 Å². The topological polar surface area (TPSA) is 58.6 Å². The highest BCUT2D eigenvalue weighted by Gasteiger charge is 2.18. The lowest BCUT2D eigenvalue weighted by molar-refractivity contribution is -0.140. The number of hydrogen-bond donors (Lipinski definition) is 0. The number of anilines is 6. The number of carbonyl (C=O) groups excluding carboxylic acids is 1. The molecule has 0 unspecified atom stereocenters. The van der Waals surface area contributed by atoms with Crippen molar-refractivity contribution in [3.05, 3.63) is 230 Å². The van der Waals surface area contributed by atoms with Crippen molar-refractivity contribution >= 4 is 83.2 Å². The molecule has 6 nitrogen and oxygen atoms in total.